The minimum Gasteiger partial charge on any atom is -0.507 e. The number of likely N-dealkylation sites (tertiary alicyclic amines) is 1. The summed E-state index contributed by atoms with van der Waals surface area (Å²) in [4.78, 5) is 14.0. The summed E-state index contributed by atoms with van der Waals surface area (Å²) in [5.41, 5.74) is 2.22. The van der Waals surface area contributed by atoms with Gasteiger partial charge in [0, 0.05) is 17.9 Å². The number of ketones is 1. The summed E-state index contributed by atoms with van der Waals surface area (Å²) in [7, 11) is 0. The molecule has 0 spiro atoms. The summed E-state index contributed by atoms with van der Waals surface area (Å²) < 4.78 is 0. The molecule has 1 saturated heterocycles. The van der Waals surface area contributed by atoms with Crippen LogP contribution in [0.25, 0.3) is 11.1 Å². The van der Waals surface area contributed by atoms with Gasteiger partial charge in [0.2, 0.25) is 0 Å². The first-order chi connectivity index (χ1) is 10.7. The second-order valence-corrected chi connectivity index (χ2v) is 6.37. The number of carbonyl (C=O) groups is 1. The van der Waals surface area contributed by atoms with Crippen LogP contribution in [0, 0.1) is 5.92 Å². The lowest BCUT2D eigenvalue weighted by molar-refractivity contribution is -0.123. The molecule has 122 valence electrons. The molecule has 0 aromatic heterocycles. The van der Waals surface area contributed by atoms with Crippen molar-refractivity contribution in [3.8, 4) is 16.9 Å². The second kappa shape index (κ2) is 8.33. The molecule has 1 heterocycles. The third kappa shape index (κ3) is 4.84. The number of Topliss-reactive ketones (excluding diaryl/α,β-unsaturated/α-hetero) is 1. The fourth-order valence-electron chi connectivity index (χ4n) is 3.09. The molecule has 22 heavy (non-hydrogen) atoms. The standard InChI is InChI=1S/C13H25NO.C6H4O/c1-3-5-6-9-14-10-7-12(8-11-14)13(15)4-2;7-6-2-1-4-3-5(4)6/h12H,3-11H2,1-2H3;1-3,7H. The Morgan fingerprint density at radius 3 is 2.36 bits per heavy atom. The zero-order valence-electron chi connectivity index (χ0n) is 14.0. The third-order valence-corrected chi connectivity index (χ3v) is 4.69. The molecule has 1 fully saturated rings. The van der Waals surface area contributed by atoms with E-state index >= 15 is 0 Å². The maximum absolute atomic E-state index is 11.5. The molecule has 0 radical (unpaired) electrons. The van der Waals surface area contributed by atoms with Crippen molar-refractivity contribution in [1.82, 2.24) is 4.90 Å². The summed E-state index contributed by atoms with van der Waals surface area (Å²) in [6.07, 6.45) is 6.87. The molecular weight excluding hydrogens is 274 g/mol. The van der Waals surface area contributed by atoms with E-state index in [9.17, 15) is 4.79 Å². The summed E-state index contributed by atoms with van der Waals surface area (Å²) in [5.74, 6) is 1.27. The molecule has 0 bridgehead atoms. The average molecular weight is 303 g/mol. The SMILES string of the molecule is CCCCCN1CCC(C(=O)CC)CC1.Oc1ccc2cc1-2. The Morgan fingerprint density at radius 2 is 1.95 bits per heavy atom. The topological polar surface area (TPSA) is 40.5 Å². The number of unbranched alkanes of at least 4 members (excludes halogenated alkanes) is 2. The molecule has 1 N–H and O–H groups in total. The van der Waals surface area contributed by atoms with Crippen LogP contribution in [0.3, 0.4) is 0 Å². The maximum atomic E-state index is 11.5. The van der Waals surface area contributed by atoms with Crippen molar-refractivity contribution in [3.05, 3.63) is 18.2 Å². The lowest BCUT2D eigenvalue weighted by Gasteiger charge is -2.31. The molecule has 0 aromatic carbocycles. The van der Waals surface area contributed by atoms with E-state index in [0.29, 0.717) is 17.5 Å². The predicted molar refractivity (Wildman–Crippen MR) is 91.1 cm³/mol. The zero-order valence-corrected chi connectivity index (χ0v) is 14.0. The van der Waals surface area contributed by atoms with E-state index in [1.165, 1.54) is 31.4 Å². The van der Waals surface area contributed by atoms with Gasteiger partial charge in [0.25, 0.3) is 0 Å². The van der Waals surface area contributed by atoms with Crippen molar-refractivity contribution < 1.29 is 9.90 Å². The molecule has 0 unspecified atom stereocenters. The summed E-state index contributed by atoms with van der Waals surface area (Å²) >= 11 is 0. The van der Waals surface area contributed by atoms with Gasteiger partial charge < -0.3 is 10.0 Å². The quantitative estimate of drug-likeness (QED) is 0.811. The lowest BCUT2D eigenvalue weighted by Crippen LogP contribution is -2.36. The van der Waals surface area contributed by atoms with Gasteiger partial charge in [0.05, 0.1) is 0 Å². The molecule has 0 aromatic rings. The molecule has 2 aliphatic carbocycles. The Labute approximate surface area is 134 Å². The Balaban J connectivity index is 0.000000205. The van der Waals surface area contributed by atoms with Crippen LogP contribution in [-0.2, 0) is 4.79 Å². The van der Waals surface area contributed by atoms with Crippen LogP contribution in [0.15, 0.2) is 18.2 Å². The first kappa shape index (κ1) is 17.0. The average Bonchev–Trinajstić information content (AvgIpc) is 3.25. The molecule has 3 aliphatic rings. The van der Waals surface area contributed by atoms with Gasteiger partial charge in [-0.3, -0.25) is 4.79 Å². The highest BCUT2D eigenvalue weighted by Crippen LogP contribution is 2.42. The number of phenolic OH excluding ortho intramolecular Hbond substituents is 1. The van der Waals surface area contributed by atoms with Gasteiger partial charge in [-0.2, -0.15) is 0 Å². The van der Waals surface area contributed by atoms with Crippen LogP contribution in [0.1, 0.15) is 52.4 Å². The Hall–Kier alpha value is -1.35. The summed E-state index contributed by atoms with van der Waals surface area (Å²) in [6, 6.07) is 5.57. The number of hydrogen-bond acceptors (Lipinski definition) is 3. The second-order valence-electron chi connectivity index (χ2n) is 6.37. The van der Waals surface area contributed by atoms with Crippen LogP contribution in [-0.4, -0.2) is 35.4 Å². The number of phenols is 1. The highest BCUT2D eigenvalue weighted by atomic mass is 16.3. The summed E-state index contributed by atoms with van der Waals surface area (Å²) in [5, 5.41) is 8.78. The number of hydrogen-bond donors (Lipinski definition) is 1. The van der Waals surface area contributed by atoms with E-state index in [2.05, 4.69) is 11.8 Å². The van der Waals surface area contributed by atoms with E-state index in [-0.39, 0.29) is 0 Å². The monoisotopic (exact) mass is 303 g/mol. The maximum Gasteiger partial charge on any atom is 0.135 e. The van der Waals surface area contributed by atoms with Gasteiger partial charge in [-0.15, -0.1) is 0 Å². The van der Waals surface area contributed by atoms with Gasteiger partial charge in [0.1, 0.15) is 11.5 Å². The number of nitrogens with zero attached hydrogens (tertiary/aromatic N) is 1. The smallest absolute Gasteiger partial charge is 0.135 e. The lowest BCUT2D eigenvalue weighted by atomic mass is 9.91. The largest absolute Gasteiger partial charge is 0.507 e. The van der Waals surface area contributed by atoms with Crippen molar-refractivity contribution in [2.45, 2.75) is 52.4 Å². The number of aromatic hydroxyl groups is 1. The van der Waals surface area contributed by atoms with Crippen molar-refractivity contribution in [3.63, 3.8) is 0 Å². The number of fused-ring (bicyclic) bond motifs is 1. The molecule has 0 atom stereocenters. The number of rotatable bonds is 6. The van der Waals surface area contributed by atoms with Crippen LogP contribution >= 0.6 is 0 Å². The normalized spacial score (nSPS) is 16.8. The van der Waals surface area contributed by atoms with E-state index in [1.54, 1.807) is 6.07 Å². The minimum atomic E-state index is 0.373. The van der Waals surface area contributed by atoms with E-state index in [0.717, 1.165) is 37.9 Å². The van der Waals surface area contributed by atoms with Crippen LogP contribution in [0.2, 0.25) is 0 Å². The summed E-state index contributed by atoms with van der Waals surface area (Å²) in [6.45, 7) is 7.74. The highest BCUT2D eigenvalue weighted by Gasteiger charge is 2.23. The molecule has 0 amide bonds. The minimum absolute atomic E-state index is 0.373. The molecular formula is C19H29NO2. The van der Waals surface area contributed by atoms with Gasteiger partial charge in [-0.1, -0.05) is 32.8 Å². The zero-order chi connectivity index (χ0) is 15.9. The highest BCUT2D eigenvalue weighted by molar-refractivity contribution is 5.86. The Kier molecular flexibility index (Phi) is 6.44. The van der Waals surface area contributed by atoms with Crippen LogP contribution in [0.4, 0.5) is 0 Å². The van der Waals surface area contributed by atoms with Gasteiger partial charge >= 0.3 is 0 Å². The fraction of sp³-hybridized carbons (Fsp3) is 0.632. The van der Waals surface area contributed by atoms with Crippen LogP contribution in [0.5, 0.6) is 5.75 Å². The number of carbonyl (C=O) groups excluding carboxylic acids is 1. The first-order valence-corrected chi connectivity index (χ1v) is 8.74. The Morgan fingerprint density at radius 1 is 1.23 bits per heavy atom. The fourth-order valence-corrected chi connectivity index (χ4v) is 3.09. The molecule has 3 rings (SSSR count). The Bertz CT molecular complexity index is 490. The number of piperidine rings is 1. The van der Waals surface area contributed by atoms with E-state index in [1.807, 2.05) is 19.1 Å². The number of benzene rings is 1. The third-order valence-electron chi connectivity index (χ3n) is 4.69. The van der Waals surface area contributed by atoms with Crippen molar-refractivity contribution in [2.24, 2.45) is 5.92 Å². The van der Waals surface area contributed by atoms with Gasteiger partial charge in [0.15, 0.2) is 0 Å². The molecule has 3 heteroatoms. The molecule has 1 aliphatic heterocycles. The van der Waals surface area contributed by atoms with Crippen molar-refractivity contribution in [2.75, 3.05) is 19.6 Å². The van der Waals surface area contributed by atoms with Crippen molar-refractivity contribution in [1.29, 1.82) is 0 Å². The van der Waals surface area contributed by atoms with Crippen molar-refractivity contribution >= 4 is 5.78 Å². The van der Waals surface area contributed by atoms with Crippen LogP contribution < -0.4 is 0 Å². The molecule has 3 nitrogen and oxygen atoms in total. The van der Waals surface area contributed by atoms with E-state index in [4.69, 9.17) is 5.11 Å². The van der Waals surface area contributed by atoms with Gasteiger partial charge in [-0.05, 0) is 56.6 Å². The first-order valence-electron chi connectivity index (χ1n) is 8.74. The molecule has 0 saturated carbocycles. The van der Waals surface area contributed by atoms with Gasteiger partial charge in [-0.25, -0.2) is 0 Å². The predicted octanol–water partition coefficient (Wildman–Crippen LogP) is 4.24. The van der Waals surface area contributed by atoms with E-state index < -0.39 is 0 Å².